The largest absolute Gasteiger partial charge is 0.399 e. The second kappa shape index (κ2) is 6.21. The van der Waals surface area contributed by atoms with E-state index in [-0.39, 0.29) is 0 Å². The van der Waals surface area contributed by atoms with Crippen molar-refractivity contribution < 1.29 is 0 Å². The van der Waals surface area contributed by atoms with Gasteiger partial charge in [0.25, 0.3) is 0 Å². The van der Waals surface area contributed by atoms with Gasteiger partial charge in [0.2, 0.25) is 0 Å². The van der Waals surface area contributed by atoms with Crippen LogP contribution in [0.2, 0.25) is 0 Å². The zero-order valence-electron chi connectivity index (χ0n) is 11.6. The van der Waals surface area contributed by atoms with Crippen LogP contribution in [0, 0.1) is 0 Å². The summed E-state index contributed by atoms with van der Waals surface area (Å²) in [5, 5.41) is 0. The molecule has 1 aliphatic heterocycles. The lowest BCUT2D eigenvalue weighted by Gasteiger charge is -2.39. The first-order chi connectivity index (χ1) is 8.69. The molecule has 1 atom stereocenters. The molecule has 2 N–H and O–H groups in total. The van der Waals surface area contributed by atoms with Crippen molar-refractivity contribution in [3.05, 3.63) is 29.8 Å². The number of hydrogen-bond acceptors (Lipinski definition) is 3. The fraction of sp³-hybridized carbons (Fsp3) is 0.600. The van der Waals surface area contributed by atoms with E-state index in [1.807, 2.05) is 12.1 Å². The Morgan fingerprint density at radius 1 is 1.33 bits per heavy atom. The van der Waals surface area contributed by atoms with Gasteiger partial charge in [0.15, 0.2) is 0 Å². The Labute approximate surface area is 111 Å². The van der Waals surface area contributed by atoms with Gasteiger partial charge in [-0.1, -0.05) is 19.1 Å². The van der Waals surface area contributed by atoms with Crippen molar-refractivity contribution >= 4 is 5.69 Å². The topological polar surface area (TPSA) is 32.5 Å². The molecular formula is C15H25N3. The van der Waals surface area contributed by atoms with Crippen LogP contribution in [-0.2, 0) is 6.42 Å². The minimum atomic E-state index is 0.685. The highest BCUT2D eigenvalue weighted by Gasteiger charge is 2.21. The van der Waals surface area contributed by atoms with E-state index in [1.165, 1.54) is 31.7 Å². The molecule has 1 unspecified atom stereocenters. The third-order valence-electron chi connectivity index (χ3n) is 3.92. The van der Waals surface area contributed by atoms with Crippen molar-refractivity contribution in [3.8, 4) is 0 Å². The molecule has 18 heavy (non-hydrogen) atoms. The summed E-state index contributed by atoms with van der Waals surface area (Å²) >= 11 is 0. The van der Waals surface area contributed by atoms with Gasteiger partial charge in [-0.2, -0.15) is 0 Å². The first-order valence-corrected chi connectivity index (χ1v) is 7.00. The predicted octanol–water partition coefficient (Wildman–Crippen LogP) is 1.84. The lowest BCUT2D eigenvalue weighted by Crippen LogP contribution is -2.51. The highest BCUT2D eigenvalue weighted by molar-refractivity contribution is 5.40. The van der Waals surface area contributed by atoms with Crippen LogP contribution in [-0.4, -0.2) is 48.6 Å². The monoisotopic (exact) mass is 247 g/mol. The van der Waals surface area contributed by atoms with Crippen LogP contribution in [0.15, 0.2) is 24.3 Å². The molecule has 1 saturated heterocycles. The van der Waals surface area contributed by atoms with Gasteiger partial charge in [-0.25, -0.2) is 0 Å². The second-order valence-corrected chi connectivity index (χ2v) is 5.27. The third kappa shape index (κ3) is 3.47. The maximum Gasteiger partial charge on any atom is 0.0316 e. The summed E-state index contributed by atoms with van der Waals surface area (Å²) in [6.07, 6.45) is 1.10. The minimum absolute atomic E-state index is 0.685. The fourth-order valence-corrected chi connectivity index (χ4v) is 2.78. The van der Waals surface area contributed by atoms with E-state index in [2.05, 4.69) is 35.8 Å². The van der Waals surface area contributed by atoms with E-state index in [0.29, 0.717) is 6.04 Å². The van der Waals surface area contributed by atoms with Crippen LogP contribution in [0.3, 0.4) is 0 Å². The van der Waals surface area contributed by atoms with Crippen LogP contribution in [0.4, 0.5) is 5.69 Å². The molecule has 0 aliphatic carbocycles. The van der Waals surface area contributed by atoms with Gasteiger partial charge in [0.1, 0.15) is 0 Å². The SMILES string of the molecule is CCN1CCN(CCc2cccc(N)c2)CC1C. The van der Waals surface area contributed by atoms with Gasteiger partial charge in [-0.05, 0) is 37.6 Å². The number of nitrogens with two attached hydrogens (primary N) is 1. The average Bonchev–Trinajstić information content (AvgIpc) is 2.37. The Bertz CT molecular complexity index is 378. The number of piperazine rings is 1. The van der Waals surface area contributed by atoms with Gasteiger partial charge < -0.3 is 10.6 Å². The van der Waals surface area contributed by atoms with E-state index >= 15 is 0 Å². The number of nitrogens with zero attached hydrogens (tertiary/aromatic N) is 2. The second-order valence-electron chi connectivity index (χ2n) is 5.27. The van der Waals surface area contributed by atoms with Gasteiger partial charge >= 0.3 is 0 Å². The van der Waals surface area contributed by atoms with E-state index in [9.17, 15) is 0 Å². The normalized spacial score (nSPS) is 22.2. The van der Waals surface area contributed by atoms with Crippen molar-refractivity contribution in [1.82, 2.24) is 9.80 Å². The molecule has 2 rings (SSSR count). The van der Waals surface area contributed by atoms with Gasteiger partial charge in [-0.3, -0.25) is 4.90 Å². The van der Waals surface area contributed by atoms with Gasteiger partial charge in [-0.15, -0.1) is 0 Å². The maximum atomic E-state index is 5.81. The van der Waals surface area contributed by atoms with Crippen molar-refractivity contribution in [2.75, 3.05) is 38.5 Å². The van der Waals surface area contributed by atoms with E-state index in [4.69, 9.17) is 5.73 Å². The lowest BCUT2D eigenvalue weighted by atomic mass is 10.1. The van der Waals surface area contributed by atoms with Crippen LogP contribution < -0.4 is 5.73 Å². The Morgan fingerprint density at radius 3 is 2.83 bits per heavy atom. The zero-order chi connectivity index (χ0) is 13.0. The molecule has 1 aromatic carbocycles. The molecule has 3 heteroatoms. The van der Waals surface area contributed by atoms with Crippen LogP contribution >= 0.6 is 0 Å². The molecule has 0 radical (unpaired) electrons. The van der Waals surface area contributed by atoms with E-state index in [1.54, 1.807) is 0 Å². The van der Waals surface area contributed by atoms with Crippen molar-refractivity contribution in [2.24, 2.45) is 0 Å². The number of rotatable bonds is 4. The predicted molar refractivity (Wildman–Crippen MR) is 77.7 cm³/mol. The number of nitrogen functional groups attached to an aromatic ring is 1. The molecule has 0 spiro atoms. The summed E-state index contributed by atoms with van der Waals surface area (Å²) in [5.74, 6) is 0. The van der Waals surface area contributed by atoms with Crippen molar-refractivity contribution in [1.29, 1.82) is 0 Å². The molecule has 100 valence electrons. The number of benzene rings is 1. The van der Waals surface area contributed by atoms with Crippen LogP contribution in [0.25, 0.3) is 0 Å². The molecule has 0 saturated carbocycles. The Balaban J connectivity index is 1.81. The summed E-state index contributed by atoms with van der Waals surface area (Å²) in [6, 6.07) is 8.94. The lowest BCUT2D eigenvalue weighted by molar-refractivity contribution is 0.0889. The van der Waals surface area contributed by atoms with Crippen molar-refractivity contribution in [3.63, 3.8) is 0 Å². The zero-order valence-corrected chi connectivity index (χ0v) is 11.6. The molecule has 1 fully saturated rings. The highest BCUT2D eigenvalue weighted by Crippen LogP contribution is 2.11. The third-order valence-corrected chi connectivity index (χ3v) is 3.92. The number of likely N-dealkylation sites (N-methyl/N-ethyl adjacent to an activating group) is 1. The summed E-state index contributed by atoms with van der Waals surface area (Å²) < 4.78 is 0. The number of hydrogen-bond donors (Lipinski definition) is 1. The molecule has 3 nitrogen and oxygen atoms in total. The molecule has 1 heterocycles. The molecule has 0 amide bonds. The van der Waals surface area contributed by atoms with Gasteiger partial charge in [0, 0.05) is 37.9 Å². The van der Waals surface area contributed by atoms with Gasteiger partial charge in [0.05, 0.1) is 0 Å². The minimum Gasteiger partial charge on any atom is -0.399 e. The standard InChI is InChI=1S/C15H25N3/c1-3-18-10-9-17(12-13(18)2)8-7-14-5-4-6-15(16)11-14/h4-6,11,13H,3,7-10,12,16H2,1-2H3. The molecular weight excluding hydrogens is 222 g/mol. The summed E-state index contributed by atoms with van der Waals surface area (Å²) in [7, 11) is 0. The first-order valence-electron chi connectivity index (χ1n) is 7.00. The summed E-state index contributed by atoms with van der Waals surface area (Å²) in [6.45, 7) is 10.5. The molecule has 1 aliphatic rings. The molecule has 0 bridgehead atoms. The fourth-order valence-electron chi connectivity index (χ4n) is 2.78. The quantitative estimate of drug-likeness (QED) is 0.824. The van der Waals surface area contributed by atoms with E-state index < -0.39 is 0 Å². The molecule has 0 aromatic heterocycles. The van der Waals surface area contributed by atoms with Crippen LogP contribution in [0.5, 0.6) is 0 Å². The maximum absolute atomic E-state index is 5.81. The van der Waals surface area contributed by atoms with Crippen molar-refractivity contribution in [2.45, 2.75) is 26.3 Å². The van der Waals surface area contributed by atoms with E-state index in [0.717, 1.165) is 18.7 Å². The Morgan fingerprint density at radius 2 is 2.17 bits per heavy atom. The Hall–Kier alpha value is -1.06. The highest BCUT2D eigenvalue weighted by atomic mass is 15.3. The number of anilines is 1. The summed E-state index contributed by atoms with van der Waals surface area (Å²) in [4.78, 5) is 5.12. The smallest absolute Gasteiger partial charge is 0.0316 e. The first kappa shape index (κ1) is 13.4. The Kier molecular flexibility index (Phi) is 4.61. The average molecular weight is 247 g/mol. The molecule has 1 aromatic rings. The summed E-state index contributed by atoms with van der Waals surface area (Å²) in [5.41, 5.74) is 8.03. The van der Waals surface area contributed by atoms with Crippen LogP contribution in [0.1, 0.15) is 19.4 Å².